The highest BCUT2D eigenvalue weighted by Crippen LogP contribution is 2.36. The maximum absolute atomic E-state index is 4.39. The molecule has 1 N–H and O–H groups in total. The molecular weight excluding hydrogens is 118 g/mol. The Bertz CT molecular complexity index is 103. The van der Waals surface area contributed by atoms with Gasteiger partial charge >= 0.3 is 0 Å². The van der Waals surface area contributed by atoms with Crippen LogP contribution in [0.4, 0.5) is 0 Å². The summed E-state index contributed by atoms with van der Waals surface area (Å²) in [6.45, 7) is 0. The Labute approximate surface area is 55.3 Å². The van der Waals surface area contributed by atoms with E-state index in [9.17, 15) is 0 Å². The molecule has 1 heterocycles. The Morgan fingerprint density at radius 1 is 1.38 bits per heavy atom. The summed E-state index contributed by atoms with van der Waals surface area (Å²) in [6, 6.07) is 0.822. The molecule has 1 saturated heterocycles. The van der Waals surface area contributed by atoms with Gasteiger partial charge in [-0.05, 0) is 25.2 Å². The molecule has 2 rings (SSSR count). The first kappa shape index (κ1) is 5.12. The van der Waals surface area contributed by atoms with E-state index in [0.29, 0.717) is 5.37 Å². The predicted octanol–water partition coefficient (Wildman–Crippen LogP) is 1.01. The molecule has 3 unspecified atom stereocenters. The van der Waals surface area contributed by atoms with Gasteiger partial charge in [-0.1, -0.05) is 0 Å². The average Bonchev–Trinajstić information content (AvgIpc) is 2.23. The third kappa shape index (κ3) is 0.594. The summed E-state index contributed by atoms with van der Waals surface area (Å²) in [5.41, 5.74) is 0. The van der Waals surface area contributed by atoms with Crippen molar-refractivity contribution < 1.29 is 0 Å². The summed E-state index contributed by atoms with van der Waals surface area (Å²) < 4.78 is 0. The van der Waals surface area contributed by atoms with Crippen LogP contribution in [-0.2, 0) is 0 Å². The van der Waals surface area contributed by atoms with Crippen molar-refractivity contribution in [1.82, 2.24) is 5.32 Å². The minimum Gasteiger partial charge on any atom is -0.303 e. The van der Waals surface area contributed by atoms with Crippen LogP contribution < -0.4 is 5.32 Å². The molecule has 0 aromatic heterocycles. The summed E-state index contributed by atoms with van der Waals surface area (Å²) in [6.07, 6.45) is 4.18. The Morgan fingerprint density at radius 2 is 2.25 bits per heavy atom. The van der Waals surface area contributed by atoms with Crippen molar-refractivity contribution in [2.75, 3.05) is 0 Å². The van der Waals surface area contributed by atoms with Crippen LogP contribution >= 0.6 is 12.6 Å². The third-order valence-electron chi connectivity index (χ3n) is 2.33. The molecule has 0 amide bonds. The normalized spacial score (nSPS) is 52.9. The monoisotopic (exact) mass is 129 g/mol. The Morgan fingerprint density at radius 3 is 2.50 bits per heavy atom. The van der Waals surface area contributed by atoms with Crippen LogP contribution in [0.3, 0.4) is 0 Å². The largest absolute Gasteiger partial charge is 0.303 e. The van der Waals surface area contributed by atoms with E-state index < -0.39 is 0 Å². The highest BCUT2D eigenvalue weighted by atomic mass is 32.1. The number of thiol groups is 1. The number of hydrogen-bond donors (Lipinski definition) is 2. The highest BCUT2D eigenvalue weighted by Gasteiger charge is 2.36. The molecule has 2 bridgehead atoms. The maximum Gasteiger partial charge on any atom is 0.0533 e. The molecule has 8 heavy (non-hydrogen) atoms. The zero-order chi connectivity index (χ0) is 5.56. The number of fused-ring (bicyclic) bond motifs is 2. The lowest BCUT2D eigenvalue weighted by molar-refractivity contribution is 0.477. The van der Waals surface area contributed by atoms with E-state index in [2.05, 4.69) is 17.9 Å². The second kappa shape index (κ2) is 1.64. The first-order chi connectivity index (χ1) is 3.86. The zero-order valence-electron chi connectivity index (χ0n) is 4.80. The second-order valence-electron chi connectivity index (χ2n) is 2.88. The van der Waals surface area contributed by atoms with Gasteiger partial charge in [-0.3, -0.25) is 0 Å². The molecule has 46 valence electrons. The molecule has 0 radical (unpaired) electrons. The molecule has 2 fully saturated rings. The van der Waals surface area contributed by atoms with E-state index in [1.165, 1.54) is 19.3 Å². The topological polar surface area (TPSA) is 12.0 Å². The predicted molar refractivity (Wildman–Crippen MR) is 37.0 cm³/mol. The van der Waals surface area contributed by atoms with Gasteiger partial charge in [0.2, 0.25) is 0 Å². The Hall–Kier alpha value is 0.310. The molecule has 0 aromatic carbocycles. The first-order valence-corrected chi connectivity index (χ1v) is 3.82. The van der Waals surface area contributed by atoms with Crippen molar-refractivity contribution in [2.24, 2.45) is 5.92 Å². The molecule has 3 atom stereocenters. The van der Waals surface area contributed by atoms with E-state index in [0.717, 1.165) is 12.0 Å². The lowest BCUT2D eigenvalue weighted by Gasteiger charge is -2.16. The van der Waals surface area contributed by atoms with E-state index in [1.54, 1.807) is 0 Å². The molecule has 1 saturated carbocycles. The Balaban J connectivity index is 2.11. The SMILES string of the molecule is SC1NC2CCC1C2. The van der Waals surface area contributed by atoms with Crippen LogP contribution in [0.1, 0.15) is 19.3 Å². The van der Waals surface area contributed by atoms with Crippen LogP contribution in [0.5, 0.6) is 0 Å². The quantitative estimate of drug-likeness (QED) is 0.465. The van der Waals surface area contributed by atoms with Gasteiger partial charge in [0.25, 0.3) is 0 Å². The second-order valence-corrected chi connectivity index (χ2v) is 3.44. The zero-order valence-corrected chi connectivity index (χ0v) is 5.70. The fraction of sp³-hybridized carbons (Fsp3) is 1.00. The minimum atomic E-state index is 0.522. The van der Waals surface area contributed by atoms with Gasteiger partial charge in [0.1, 0.15) is 0 Å². The van der Waals surface area contributed by atoms with Crippen LogP contribution in [0.2, 0.25) is 0 Å². The lowest BCUT2D eigenvalue weighted by Crippen LogP contribution is -2.30. The van der Waals surface area contributed by atoms with Crippen LogP contribution in [-0.4, -0.2) is 11.4 Å². The molecule has 0 spiro atoms. The molecule has 1 aliphatic carbocycles. The summed E-state index contributed by atoms with van der Waals surface area (Å²) >= 11 is 4.39. The summed E-state index contributed by atoms with van der Waals surface area (Å²) in [7, 11) is 0. The van der Waals surface area contributed by atoms with Crippen molar-refractivity contribution in [1.29, 1.82) is 0 Å². The molecule has 1 aliphatic heterocycles. The smallest absolute Gasteiger partial charge is 0.0533 e. The summed E-state index contributed by atoms with van der Waals surface area (Å²) in [5, 5.41) is 3.94. The van der Waals surface area contributed by atoms with Gasteiger partial charge in [0, 0.05) is 6.04 Å². The van der Waals surface area contributed by atoms with Crippen LogP contribution in [0.15, 0.2) is 0 Å². The van der Waals surface area contributed by atoms with Crippen molar-refractivity contribution in [2.45, 2.75) is 30.7 Å². The van der Waals surface area contributed by atoms with Gasteiger partial charge in [0.15, 0.2) is 0 Å². The molecule has 2 aliphatic rings. The van der Waals surface area contributed by atoms with Gasteiger partial charge in [0.05, 0.1) is 5.37 Å². The number of rotatable bonds is 0. The molecule has 1 nitrogen and oxygen atoms in total. The van der Waals surface area contributed by atoms with E-state index in [1.807, 2.05) is 0 Å². The van der Waals surface area contributed by atoms with Gasteiger partial charge < -0.3 is 5.32 Å². The van der Waals surface area contributed by atoms with Gasteiger partial charge in [-0.15, -0.1) is 0 Å². The molecule has 0 aromatic rings. The number of hydrogen-bond acceptors (Lipinski definition) is 2. The molecule has 2 heteroatoms. The van der Waals surface area contributed by atoms with Crippen molar-refractivity contribution in [3.63, 3.8) is 0 Å². The number of piperidine rings is 1. The van der Waals surface area contributed by atoms with Crippen LogP contribution in [0, 0.1) is 5.92 Å². The minimum absolute atomic E-state index is 0.522. The highest BCUT2D eigenvalue weighted by molar-refractivity contribution is 7.80. The third-order valence-corrected chi connectivity index (χ3v) is 2.90. The summed E-state index contributed by atoms with van der Waals surface area (Å²) in [4.78, 5) is 0. The maximum atomic E-state index is 4.39. The van der Waals surface area contributed by atoms with Gasteiger partial charge in [-0.25, -0.2) is 0 Å². The fourth-order valence-corrected chi connectivity index (χ4v) is 2.31. The number of nitrogens with one attached hydrogen (secondary N) is 1. The van der Waals surface area contributed by atoms with Gasteiger partial charge in [-0.2, -0.15) is 12.6 Å². The average molecular weight is 129 g/mol. The molecular formula is C6H11NS. The van der Waals surface area contributed by atoms with Crippen molar-refractivity contribution >= 4 is 12.6 Å². The Kier molecular flexibility index (Phi) is 1.05. The lowest BCUT2D eigenvalue weighted by atomic mass is 10.1. The van der Waals surface area contributed by atoms with E-state index >= 15 is 0 Å². The first-order valence-electron chi connectivity index (χ1n) is 3.30. The van der Waals surface area contributed by atoms with E-state index in [4.69, 9.17) is 0 Å². The van der Waals surface area contributed by atoms with Crippen molar-refractivity contribution in [3.05, 3.63) is 0 Å². The summed E-state index contributed by atoms with van der Waals surface area (Å²) in [5.74, 6) is 0.892. The standard InChI is InChI=1S/C6H11NS/c8-6-4-1-2-5(3-4)7-6/h4-8H,1-3H2. The van der Waals surface area contributed by atoms with Crippen molar-refractivity contribution in [3.8, 4) is 0 Å². The fourth-order valence-electron chi connectivity index (χ4n) is 1.83. The van der Waals surface area contributed by atoms with E-state index in [-0.39, 0.29) is 0 Å². The van der Waals surface area contributed by atoms with Crippen LogP contribution in [0.25, 0.3) is 0 Å².